The van der Waals surface area contributed by atoms with E-state index in [9.17, 15) is 0 Å². The van der Waals surface area contributed by atoms with Crippen molar-refractivity contribution < 1.29 is 0 Å². The van der Waals surface area contributed by atoms with E-state index in [1.165, 1.54) is 32.1 Å². The smallest absolute Gasteiger partial charge is 0.0133 e. The zero-order valence-electron chi connectivity index (χ0n) is 8.84. The average Bonchev–Trinajstić information content (AvgIpc) is 2.17. The SMILES string of the molecule is CC(C)C1CCCC2=C1CC=CC2. The first-order valence-electron chi connectivity index (χ1n) is 5.65. The van der Waals surface area contributed by atoms with Gasteiger partial charge in [-0.15, -0.1) is 0 Å². The Morgan fingerprint density at radius 1 is 1.23 bits per heavy atom. The summed E-state index contributed by atoms with van der Waals surface area (Å²) in [4.78, 5) is 0. The van der Waals surface area contributed by atoms with Gasteiger partial charge in [-0.1, -0.05) is 37.1 Å². The lowest BCUT2D eigenvalue weighted by Gasteiger charge is -2.32. The molecule has 0 amide bonds. The molecule has 0 N–H and O–H groups in total. The number of hydrogen-bond acceptors (Lipinski definition) is 0. The Hall–Kier alpha value is -0.520. The minimum atomic E-state index is 0.844. The molecule has 2 aliphatic rings. The van der Waals surface area contributed by atoms with E-state index in [2.05, 4.69) is 26.0 Å². The van der Waals surface area contributed by atoms with Crippen LogP contribution < -0.4 is 0 Å². The Morgan fingerprint density at radius 3 is 2.77 bits per heavy atom. The summed E-state index contributed by atoms with van der Waals surface area (Å²) in [6, 6.07) is 0. The molecule has 1 atom stereocenters. The molecular weight excluding hydrogens is 156 g/mol. The highest BCUT2D eigenvalue weighted by Crippen LogP contribution is 2.39. The van der Waals surface area contributed by atoms with Crippen LogP contribution in [0.4, 0.5) is 0 Å². The van der Waals surface area contributed by atoms with Crippen LogP contribution in [0.3, 0.4) is 0 Å². The van der Waals surface area contributed by atoms with Gasteiger partial charge >= 0.3 is 0 Å². The van der Waals surface area contributed by atoms with Crippen molar-refractivity contribution in [3.63, 3.8) is 0 Å². The highest BCUT2D eigenvalue weighted by atomic mass is 14.3. The fourth-order valence-electron chi connectivity index (χ4n) is 2.83. The summed E-state index contributed by atoms with van der Waals surface area (Å²) < 4.78 is 0. The van der Waals surface area contributed by atoms with Gasteiger partial charge in [0.2, 0.25) is 0 Å². The van der Waals surface area contributed by atoms with Crippen molar-refractivity contribution in [1.29, 1.82) is 0 Å². The van der Waals surface area contributed by atoms with Gasteiger partial charge in [-0.2, -0.15) is 0 Å². The Labute approximate surface area is 81.7 Å². The van der Waals surface area contributed by atoms with Gasteiger partial charge in [0.05, 0.1) is 0 Å². The van der Waals surface area contributed by atoms with Gasteiger partial charge in [0.25, 0.3) is 0 Å². The van der Waals surface area contributed by atoms with Crippen LogP contribution in [0.1, 0.15) is 46.0 Å². The molecule has 0 aromatic heterocycles. The van der Waals surface area contributed by atoms with Gasteiger partial charge in [-0.25, -0.2) is 0 Å². The summed E-state index contributed by atoms with van der Waals surface area (Å²) in [6.45, 7) is 4.75. The van der Waals surface area contributed by atoms with Crippen LogP contribution in [0.25, 0.3) is 0 Å². The van der Waals surface area contributed by atoms with E-state index in [4.69, 9.17) is 0 Å². The minimum absolute atomic E-state index is 0.844. The zero-order valence-corrected chi connectivity index (χ0v) is 8.84. The lowest BCUT2D eigenvalue weighted by molar-refractivity contribution is 0.374. The Balaban J connectivity index is 2.21. The van der Waals surface area contributed by atoms with Gasteiger partial charge < -0.3 is 0 Å². The van der Waals surface area contributed by atoms with Crippen molar-refractivity contribution in [1.82, 2.24) is 0 Å². The third-order valence-electron chi connectivity index (χ3n) is 3.57. The van der Waals surface area contributed by atoms with Crippen molar-refractivity contribution in [2.75, 3.05) is 0 Å². The van der Waals surface area contributed by atoms with Gasteiger partial charge in [-0.05, 0) is 43.9 Å². The molecule has 0 bridgehead atoms. The first-order valence-corrected chi connectivity index (χ1v) is 5.65. The number of hydrogen-bond donors (Lipinski definition) is 0. The monoisotopic (exact) mass is 176 g/mol. The second kappa shape index (κ2) is 3.69. The van der Waals surface area contributed by atoms with Crippen LogP contribution in [-0.2, 0) is 0 Å². The molecule has 13 heavy (non-hydrogen) atoms. The van der Waals surface area contributed by atoms with Crippen LogP contribution in [-0.4, -0.2) is 0 Å². The molecule has 0 nitrogen and oxygen atoms in total. The summed E-state index contributed by atoms with van der Waals surface area (Å²) in [6.07, 6.45) is 11.4. The molecule has 0 aromatic carbocycles. The molecule has 0 heterocycles. The molecular formula is C13H20. The number of allylic oxidation sites excluding steroid dienone is 4. The van der Waals surface area contributed by atoms with Crippen molar-refractivity contribution in [3.8, 4) is 0 Å². The van der Waals surface area contributed by atoms with Crippen LogP contribution in [0.2, 0.25) is 0 Å². The number of rotatable bonds is 1. The topological polar surface area (TPSA) is 0 Å². The lowest BCUT2D eigenvalue weighted by atomic mass is 9.73. The van der Waals surface area contributed by atoms with E-state index in [0.29, 0.717) is 0 Å². The molecule has 0 spiro atoms. The zero-order chi connectivity index (χ0) is 9.26. The summed E-state index contributed by atoms with van der Waals surface area (Å²) in [5, 5.41) is 0. The summed E-state index contributed by atoms with van der Waals surface area (Å²) in [5.41, 5.74) is 3.57. The Bertz CT molecular complexity index is 243. The van der Waals surface area contributed by atoms with E-state index in [-0.39, 0.29) is 0 Å². The van der Waals surface area contributed by atoms with Gasteiger partial charge in [0.1, 0.15) is 0 Å². The molecule has 0 heteroatoms. The van der Waals surface area contributed by atoms with E-state index >= 15 is 0 Å². The van der Waals surface area contributed by atoms with Crippen molar-refractivity contribution in [3.05, 3.63) is 23.3 Å². The maximum atomic E-state index is 2.37. The van der Waals surface area contributed by atoms with Crippen LogP contribution in [0, 0.1) is 11.8 Å². The van der Waals surface area contributed by atoms with E-state index in [1.54, 1.807) is 11.1 Å². The standard InChI is InChI=1S/C13H20/c1-10(2)12-9-5-7-11-6-3-4-8-13(11)12/h3-4,10,12H,5-9H2,1-2H3. The highest BCUT2D eigenvalue weighted by molar-refractivity contribution is 5.28. The van der Waals surface area contributed by atoms with Gasteiger partial charge in [0, 0.05) is 0 Å². The molecule has 0 aliphatic heterocycles. The molecule has 0 radical (unpaired) electrons. The molecule has 1 unspecified atom stereocenters. The largest absolute Gasteiger partial charge is 0.0841 e. The summed E-state index contributed by atoms with van der Waals surface area (Å²) >= 11 is 0. The van der Waals surface area contributed by atoms with Crippen LogP contribution in [0.5, 0.6) is 0 Å². The first kappa shape index (κ1) is 9.05. The van der Waals surface area contributed by atoms with Gasteiger partial charge in [0.15, 0.2) is 0 Å². The maximum Gasteiger partial charge on any atom is -0.0133 e. The average molecular weight is 176 g/mol. The highest BCUT2D eigenvalue weighted by Gasteiger charge is 2.25. The molecule has 0 fully saturated rings. The molecule has 2 rings (SSSR count). The third kappa shape index (κ3) is 1.72. The summed E-state index contributed by atoms with van der Waals surface area (Å²) in [7, 11) is 0. The quantitative estimate of drug-likeness (QED) is 0.528. The predicted octanol–water partition coefficient (Wildman–Crippen LogP) is 4.09. The fraction of sp³-hybridized carbons (Fsp3) is 0.692. The normalized spacial score (nSPS) is 28.1. The lowest BCUT2D eigenvalue weighted by Crippen LogP contribution is -2.18. The second-order valence-electron chi connectivity index (χ2n) is 4.75. The molecule has 72 valence electrons. The fourth-order valence-corrected chi connectivity index (χ4v) is 2.83. The van der Waals surface area contributed by atoms with Gasteiger partial charge in [-0.3, -0.25) is 0 Å². The molecule has 0 saturated carbocycles. The second-order valence-corrected chi connectivity index (χ2v) is 4.75. The van der Waals surface area contributed by atoms with E-state index in [0.717, 1.165) is 11.8 Å². The van der Waals surface area contributed by atoms with E-state index in [1.807, 2.05) is 0 Å². The van der Waals surface area contributed by atoms with Crippen molar-refractivity contribution in [2.24, 2.45) is 11.8 Å². The summed E-state index contributed by atoms with van der Waals surface area (Å²) in [5.74, 6) is 1.74. The molecule has 0 aromatic rings. The molecule has 2 aliphatic carbocycles. The predicted molar refractivity (Wildman–Crippen MR) is 57.6 cm³/mol. The van der Waals surface area contributed by atoms with E-state index < -0.39 is 0 Å². The third-order valence-corrected chi connectivity index (χ3v) is 3.57. The Morgan fingerprint density at radius 2 is 2.00 bits per heavy atom. The van der Waals surface area contributed by atoms with Crippen molar-refractivity contribution in [2.45, 2.75) is 46.0 Å². The Kier molecular flexibility index (Phi) is 2.57. The molecule has 0 saturated heterocycles. The first-order chi connectivity index (χ1) is 6.29. The van der Waals surface area contributed by atoms with Crippen LogP contribution in [0.15, 0.2) is 23.3 Å². The van der Waals surface area contributed by atoms with Crippen LogP contribution >= 0.6 is 0 Å². The minimum Gasteiger partial charge on any atom is -0.0841 e. The maximum absolute atomic E-state index is 2.37. The van der Waals surface area contributed by atoms with Crippen molar-refractivity contribution >= 4 is 0 Å².